The van der Waals surface area contributed by atoms with Gasteiger partial charge >= 0.3 is 0 Å². The van der Waals surface area contributed by atoms with E-state index in [9.17, 15) is 24.6 Å². The zero-order chi connectivity index (χ0) is 57.2. The molecule has 12 rings (SSSR count). The zero-order valence-electron chi connectivity index (χ0n) is 51.9. The van der Waals surface area contributed by atoms with Crippen LogP contribution >= 0.6 is 0 Å². The van der Waals surface area contributed by atoms with E-state index in [4.69, 9.17) is 0 Å². The van der Waals surface area contributed by atoms with Crippen LogP contribution in [-0.4, -0.2) is 94.4 Å². The fraction of sp³-hybridized carbons (Fsp3) is 0.729. The highest BCUT2D eigenvalue weighted by Gasteiger charge is 2.69. The Morgan fingerprint density at radius 2 is 0.937 bits per heavy atom. The van der Waals surface area contributed by atoms with E-state index in [1.54, 1.807) is 17.7 Å². The molecule has 0 aromatic rings. The van der Waals surface area contributed by atoms with Crippen molar-refractivity contribution in [1.82, 2.24) is 20.4 Å². The van der Waals surface area contributed by atoms with Crippen molar-refractivity contribution in [2.24, 2.45) is 66.0 Å². The van der Waals surface area contributed by atoms with Crippen LogP contribution in [0.1, 0.15) is 201 Å². The van der Waals surface area contributed by atoms with Crippen LogP contribution in [0.2, 0.25) is 0 Å². The third kappa shape index (κ3) is 8.35. The third-order valence-electron chi connectivity index (χ3n) is 26.4. The van der Waals surface area contributed by atoms with Crippen LogP contribution in [0.15, 0.2) is 92.6 Å². The van der Waals surface area contributed by atoms with Crippen molar-refractivity contribution in [2.45, 2.75) is 225 Å². The molecule has 12 aliphatic rings. The van der Waals surface area contributed by atoms with Gasteiger partial charge in [-0.2, -0.15) is 0 Å². The summed E-state index contributed by atoms with van der Waals surface area (Å²) in [5.74, 6) is 0.835. The van der Waals surface area contributed by atoms with Gasteiger partial charge in [-0.1, -0.05) is 105 Å². The van der Waals surface area contributed by atoms with Crippen molar-refractivity contribution in [2.75, 3.05) is 32.7 Å². The number of allylic oxidation sites excluding steroid dienone is 14. The van der Waals surface area contributed by atoms with Gasteiger partial charge in [0.1, 0.15) is 0 Å². The van der Waals surface area contributed by atoms with Crippen LogP contribution in [0.5, 0.6) is 0 Å². The van der Waals surface area contributed by atoms with Crippen LogP contribution in [0.3, 0.4) is 0 Å². The minimum atomic E-state index is -0.325. The number of ketones is 2. The highest BCUT2D eigenvalue weighted by molar-refractivity contribution is 6.07. The Balaban J connectivity index is 0.000000167. The molecule has 1 amide bonds. The van der Waals surface area contributed by atoms with Crippen molar-refractivity contribution in [3.05, 3.63) is 92.6 Å². The molecule has 0 radical (unpaired) electrons. The number of fused-ring (bicyclic) bond motifs is 14. The maximum absolute atomic E-state index is 14.2. The number of nitrogens with zero attached hydrogens (tertiary/aromatic N) is 2. The lowest BCUT2D eigenvalue weighted by Gasteiger charge is -2.70. The minimum Gasteiger partial charge on any atom is -0.504 e. The molecular formula is C70H102N4O5. The molecule has 8 fully saturated rings. The second kappa shape index (κ2) is 18.6. The Morgan fingerprint density at radius 1 is 0.532 bits per heavy atom. The lowest BCUT2D eigenvalue weighted by molar-refractivity contribution is -0.175. The number of carbonyl (C=O) groups is 3. The van der Waals surface area contributed by atoms with Crippen molar-refractivity contribution < 1.29 is 24.6 Å². The SMILES string of the molecule is CC1=C(O)C(=O)C=C2C1=CC=C1[C@@]2(C)CC[C@@]2(C)[C@@H]3C[C@](C)(C(=O)N4CC(C)NC(C)C4)CC[C@]3(C)CC[C@]12C.CC1=C(O)C(=O)C=C2C1=CC=C1[C@@]2(C)CC[C@@]2(C)[C@@H]3C[C@](C)(CN4CC(C)NC(C)C4)CC[C@]3(C)CC[C@]12C. The van der Waals surface area contributed by atoms with Gasteiger partial charge in [0.05, 0.1) is 0 Å². The summed E-state index contributed by atoms with van der Waals surface area (Å²) in [5.41, 5.74) is 9.45. The van der Waals surface area contributed by atoms with E-state index in [0.717, 1.165) is 99.0 Å². The molecule has 0 aromatic heterocycles. The van der Waals surface area contributed by atoms with Crippen molar-refractivity contribution in [1.29, 1.82) is 0 Å². The summed E-state index contributed by atoms with van der Waals surface area (Å²) < 4.78 is 0. The first-order valence-corrected chi connectivity index (χ1v) is 31.5. The molecule has 2 heterocycles. The molecular weight excluding hydrogens is 977 g/mol. The maximum Gasteiger partial charge on any atom is 0.228 e. The predicted octanol–water partition coefficient (Wildman–Crippen LogP) is 14.1. The van der Waals surface area contributed by atoms with Crippen molar-refractivity contribution >= 4 is 17.5 Å². The number of hydrogen-bond acceptors (Lipinski definition) is 8. The number of aliphatic hydroxyl groups is 2. The molecule has 4 N–H and O–H groups in total. The van der Waals surface area contributed by atoms with E-state index in [2.05, 4.69) is 142 Å². The summed E-state index contributed by atoms with van der Waals surface area (Å²) in [4.78, 5) is 44.7. The number of hydrogen-bond donors (Lipinski definition) is 4. The normalized spacial score (nSPS) is 47.5. The molecule has 0 aromatic carbocycles. The molecule has 6 saturated carbocycles. The second-order valence-electron chi connectivity index (χ2n) is 31.8. The van der Waals surface area contributed by atoms with Crippen molar-refractivity contribution in [3.63, 3.8) is 0 Å². The van der Waals surface area contributed by atoms with E-state index >= 15 is 0 Å². The third-order valence-corrected chi connectivity index (χ3v) is 26.4. The first-order chi connectivity index (χ1) is 36.7. The smallest absolute Gasteiger partial charge is 0.228 e. The van der Waals surface area contributed by atoms with Gasteiger partial charge in [0.2, 0.25) is 17.5 Å². The summed E-state index contributed by atoms with van der Waals surface area (Å²) in [6, 6.07) is 1.79. The number of nitrogens with one attached hydrogen (secondary N) is 2. The number of aliphatic hydroxyl groups excluding tert-OH is 2. The Kier molecular flexibility index (Phi) is 13.4. The van der Waals surface area contributed by atoms with Crippen LogP contribution < -0.4 is 10.6 Å². The largest absolute Gasteiger partial charge is 0.504 e. The fourth-order valence-corrected chi connectivity index (χ4v) is 21.3. The highest BCUT2D eigenvalue weighted by atomic mass is 16.3. The molecule has 79 heavy (non-hydrogen) atoms. The number of rotatable bonds is 3. The van der Waals surface area contributed by atoms with Crippen LogP contribution in [0.25, 0.3) is 0 Å². The van der Waals surface area contributed by atoms with E-state index in [0.29, 0.717) is 58.3 Å². The summed E-state index contributed by atoms with van der Waals surface area (Å²) >= 11 is 0. The predicted molar refractivity (Wildman–Crippen MR) is 319 cm³/mol. The van der Waals surface area contributed by atoms with Crippen molar-refractivity contribution in [3.8, 4) is 0 Å². The first kappa shape index (κ1) is 57.0. The van der Waals surface area contributed by atoms with Crippen LogP contribution in [0.4, 0.5) is 0 Å². The maximum atomic E-state index is 14.2. The van der Waals surface area contributed by atoms with Gasteiger partial charge in [-0.15, -0.1) is 0 Å². The van der Waals surface area contributed by atoms with Crippen LogP contribution in [0, 0.1) is 66.0 Å². The highest BCUT2D eigenvalue weighted by Crippen LogP contribution is 2.77. The molecule has 0 bridgehead atoms. The average Bonchev–Trinajstić information content (AvgIpc) is 2.48. The van der Waals surface area contributed by atoms with Gasteiger partial charge in [0.15, 0.2) is 11.5 Å². The van der Waals surface area contributed by atoms with Gasteiger partial charge in [0, 0.05) is 84.3 Å². The molecule has 10 aliphatic carbocycles. The van der Waals surface area contributed by atoms with Gasteiger partial charge < -0.3 is 25.7 Å². The molecule has 16 atom stereocenters. The molecule has 4 unspecified atom stereocenters. The fourth-order valence-electron chi connectivity index (χ4n) is 21.3. The van der Waals surface area contributed by atoms with Gasteiger partial charge in [-0.25, -0.2) is 0 Å². The number of carbonyl (C=O) groups excluding carboxylic acids is 3. The second-order valence-corrected chi connectivity index (χ2v) is 31.8. The van der Waals surface area contributed by atoms with E-state index < -0.39 is 0 Å². The van der Waals surface area contributed by atoms with Gasteiger partial charge in [-0.3, -0.25) is 19.3 Å². The summed E-state index contributed by atoms with van der Waals surface area (Å²) in [6.07, 6.45) is 28.8. The van der Waals surface area contributed by atoms with E-state index in [-0.39, 0.29) is 66.4 Å². The van der Waals surface area contributed by atoms with E-state index in [1.165, 1.54) is 57.1 Å². The topological polar surface area (TPSA) is 122 Å². The van der Waals surface area contributed by atoms with Gasteiger partial charge in [-0.05, 0) is 216 Å². The molecule has 432 valence electrons. The lowest BCUT2D eigenvalue weighted by Crippen LogP contribution is -2.64. The quantitative estimate of drug-likeness (QED) is 0.220. The zero-order valence-corrected chi connectivity index (χ0v) is 51.9. The summed E-state index contributed by atoms with van der Waals surface area (Å²) in [5, 5.41) is 28.1. The molecule has 0 spiro atoms. The lowest BCUT2D eigenvalue weighted by atomic mass is 9.34. The van der Waals surface area contributed by atoms with E-state index in [1.807, 2.05) is 13.8 Å². The standard InChI is InChI=1S/C35H50N2O3.C35H52N2O2/c1-21-19-37(20-22(2)36-21)30(40)32(5)12-11-31(4)13-15-34(7)27-10-9-24-23(3)29(39)26(38)17-25(24)33(27,6)14-16-35(34,8)28(31)18-32;1-22-19-37(20-23(2)36-22)21-31(4)11-12-32(5)13-15-34(7)28-10-9-25-24(3)30(39)27(38)17-26(25)33(28,6)14-16-35(34,8)29(32)18-31/h9-10,17,21-22,28,36,39H,11-16,18-20H2,1-8H3;9-10,17,22-23,29,36,39H,11-16,18-21H2,1-8H3/t21?,22?,28-,31-,32-,33+,34-,35+;22?,23?,29-,31-,32-,33+,34-,35+/m11/s1. The first-order valence-electron chi connectivity index (χ1n) is 31.5. The Hall–Kier alpha value is -3.79. The minimum absolute atomic E-state index is 0.0213. The average molecular weight is 1080 g/mol. The molecule has 2 aliphatic heterocycles. The monoisotopic (exact) mass is 1080 g/mol. The summed E-state index contributed by atoms with van der Waals surface area (Å²) in [6.45, 7) is 42.9. The molecule has 9 nitrogen and oxygen atoms in total. The Labute approximate surface area is 476 Å². The Morgan fingerprint density at radius 3 is 1.39 bits per heavy atom. The number of amides is 1. The molecule has 2 saturated heterocycles. The summed E-state index contributed by atoms with van der Waals surface area (Å²) in [7, 11) is 0. The number of piperazine rings is 2. The Bertz CT molecular complexity index is 2900. The van der Waals surface area contributed by atoms with Gasteiger partial charge in [0.25, 0.3) is 0 Å². The molecule has 9 heteroatoms. The van der Waals surface area contributed by atoms with Crippen LogP contribution in [-0.2, 0) is 14.4 Å².